The molecular formula is C31H42N6O4. The van der Waals surface area contributed by atoms with Crippen LogP contribution in [0.3, 0.4) is 0 Å². The van der Waals surface area contributed by atoms with Gasteiger partial charge in [0.25, 0.3) is 5.91 Å². The normalized spacial score (nSPS) is 13.9. The second-order valence-electron chi connectivity index (χ2n) is 11.5. The Balaban J connectivity index is 1.31. The molecule has 41 heavy (non-hydrogen) atoms. The van der Waals surface area contributed by atoms with E-state index in [1.54, 1.807) is 42.9 Å². The second-order valence-corrected chi connectivity index (χ2v) is 11.5. The lowest BCUT2D eigenvalue weighted by Gasteiger charge is -2.30. The Morgan fingerprint density at radius 3 is 2.73 bits per heavy atom. The van der Waals surface area contributed by atoms with Crippen molar-refractivity contribution < 1.29 is 19.8 Å². The number of aryl methyl sites for hydroxylation is 3. The van der Waals surface area contributed by atoms with Gasteiger partial charge in [-0.05, 0) is 88.2 Å². The highest BCUT2D eigenvalue weighted by molar-refractivity contribution is 5.97. The number of carbonyl (C=O) groups excluding carboxylic acids is 1. The summed E-state index contributed by atoms with van der Waals surface area (Å²) >= 11 is 0. The Kier molecular flexibility index (Phi) is 10.1. The number of carboxylic acid groups (broad SMARTS) is 1. The number of pyridine rings is 1. The fourth-order valence-corrected chi connectivity index (χ4v) is 5.19. The number of nitrogens with zero attached hydrogens (tertiary/aromatic N) is 4. The van der Waals surface area contributed by atoms with Crippen LogP contribution < -0.4 is 10.6 Å². The van der Waals surface area contributed by atoms with Crippen molar-refractivity contribution in [3.63, 3.8) is 0 Å². The van der Waals surface area contributed by atoms with Crippen molar-refractivity contribution in [1.29, 1.82) is 0 Å². The lowest BCUT2D eigenvalue weighted by molar-refractivity contribution is -0.139. The quantitative estimate of drug-likeness (QED) is 0.220. The van der Waals surface area contributed by atoms with Crippen LogP contribution in [0.25, 0.3) is 11.1 Å². The van der Waals surface area contributed by atoms with Crippen molar-refractivity contribution >= 4 is 17.7 Å². The minimum Gasteiger partial charge on any atom is -0.480 e. The molecule has 1 aliphatic heterocycles. The summed E-state index contributed by atoms with van der Waals surface area (Å²) in [6.45, 7) is 6.00. The van der Waals surface area contributed by atoms with Gasteiger partial charge in [0.1, 0.15) is 11.9 Å². The summed E-state index contributed by atoms with van der Waals surface area (Å²) in [6.07, 6.45) is 8.67. The standard InChI is InChI=1S/C31H42N6O4/c1-31(2,41)21-37(16-5-4-11-26-13-12-22-10-7-15-32-28(22)34-26)17-14-27(30(39)40)35-29(38)24-9-6-8-23(18-24)25-19-33-36(3)20-25/h6,8-9,12-13,18-20,27,41H,4-5,7,10-11,14-17,21H2,1-3H3,(H,32,34)(H,35,38)(H,39,40). The van der Waals surface area contributed by atoms with E-state index >= 15 is 0 Å². The lowest BCUT2D eigenvalue weighted by atomic mass is 10.0. The SMILES string of the molecule is Cn1cc(-c2cccc(C(=O)NC(CCN(CCCCc3ccc4c(n3)NCCC4)CC(C)(C)O)C(=O)O)c2)cn1. The molecule has 1 unspecified atom stereocenters. The van der Waals surface area contributed by atoms with Crippen LogP contribution in [0.4, 0.5) is 5.82 Å². The molecule has 0 bridgehead atoms. The summed E-state index contributed by atoms with van der Waals surface area (Å²) in [4.78, 5) is 31.9. The third-order valence-electron chi connectivity index (χ3n) is 7.22. The third-order valence-corrected chi connectivity index (χ3v) is 7.22. The number of nitrogens with one attached hydrogen (secondary N) is 2. The number of carboxylic acids is 1. The maximum atomic E-state index is 13.0. The van der Waals surface area contributed by atoms with Gasteiger partial charge in [-0.15, -0.1) is 0 Å². The number of anilines is 1. The van der Waals surface area contributed by atoms with Crippen molar-refractivity contribution in [2.24, 2.45) is 7.05 Å². The molecule has 4 N–H and O–H groups in total. The molecule has 0 saturated heterocycles. The minimum atomic E-state index is -1.09. The van der Waals surface area contributed by atoms with Gasteiger partial charge in [-0.1, -0.05) is 18.2 Å². The first-order valence-corrected chi connectivity index (χ1v) is 14.4. The smallest absolute Gasteiger partial charge is 0.326 e. The highest BCUT2D eigenvalue weighted by atomic mass is 16.4. The molecule has 1 aliphatic rings. The number of amides is 1. The molecule has 1 amide bonds. The molecule has 4 rings (SSSR count). The number of hydrogen-bond donors (Lipinski definition) is 4. The van der Waals surface area contributed by atoms with Gasteiger partial charge < -0.3 is 25.7 Å². The molecule has 1 aromatic carbocycles. The maximum Gasteiger partial charge on any atom is 0.326 e. The minimum absolute atomic E-state index is 0.220. The number of aromatic nitrogens is 3. The van der Waals surface area contributed by atoms with E-state index in [1.807, 2.05) is 19.3 Å². The van der Waals surface area contributed by atoms with Crippen molar-refractivity contribution in [3.8, 4) is 11.1 Å². The Morgan fingerprint density at radius 1 is 1.17 bits per heavy atom. The summed E-state index contributed by atoms with van der Waals surface area (Å²) < 4.78 is 1.68. The molecule has 10 heteroatoms. The molecule has 220 valence electrons. The van der Waals surface area contributed by atoms with E-state index in [9.17, 15) is 19.8 Å². The van der Waals surface area contributed by atoms with Gasteiger partial charge in [-0.3, -0.25) is 9.48 Å². The zero-order chi connectivity index (χ0) is 29.4. The molecule has 3 heterocycles. The number of aliphatic hydroxyl groups is 1. The summed E-state index contributed by atoms with van der Waals surface area (Å²) in [6, 6.07) is 10.3. The summed E-state index contributed by atoms with van der Waals surface area (Å²) in [7, 11) is 1.82. The fraction of sp³-hybridized carbons (Fsp3) is 0.484. The zero-order valence-corrected chi connectivity index (χ0v) is 24.3. The van der Waals surface area contributed by atoms with E-state index in [-0.39, 0.29) is 6.42 Å². The van der Waals surface area contributed by atoms with Gasteiger partial charge in [0.05, 0.1) is 11.8 Å². The Labute approximate surface area is 241 Å². The first-order valence-electron chi connectivity index (χ1n) is 14.4. The van der Waals surface area contributed by atoms with Crippen molar-refractivity contribution in [2.75, 3.05) is 31.5 Å². The first-order chi connectivity index (χ1) is 19.6. The molecular weight excluding hydrogens is 520 g/mol. The fourth-order valence-electron chi connectivity index (χ4n) is 5.19. The number of carbonyl (C=O) groups is 2. The average Bonchev–Trinajstić information content (AvgIpc) is 3.38. The number of unbranched alkanes of at least 4 members (excludes halogenated alkanes) is 1. The Hall–Kier alpha value is -3.76. The molecule has 0 aliphatic carbocycles. The van der Waals surface area contributed by atoms with Gasteiger partial charge in [0, 0.05) is 49.7 Å². The lowest BCUT2D eigenvalue weighted by Crippen LogP contribution is -2.45. The van der Waals surface area contributed by atoms with Crippen molar-refractivity contribution in [2.45, 2.75) is 64.0 Å². The van der Waals surface area contributed by atoms with Gasteiger partial charge >= 0.3 is 5.97 Å². The van der Waals surface area contributed by atoms with Crippen molar-refractivity contribution in [1.82, 2.24) is 25.0 Å². The number of hydrogen-bond acceptors (Lipinski definition) is 7. The van der Waals surface area contributed by atoms with Gasteiger partial charge in [-0.2, -0.15) is 5.10 Å². The van der Waals surface area contributed by atoms with E-state index in [0.29, 0.717) is 25.2 Å². The van der Waals surface area contributed by atoms with Crippen LogP contribution >= 0.6 is 0 Å². The average molecular weight is 563 g/mol. The van der Waals surface area contributed by atoms with Crippen LogP contribution in [0.1, 0.15) is 61.1 Å². The van der Waals surface area contributed by atoms with Crippen LogP contribution in [0.2, 0.25) is 0 Å². The molecule has 0 saturated carbocycles. The number of rotatable bonds is 14. The molecule has 1 atom stereocenters. The van der Waals surface area contributed by atoms with Crippen LogP contribution in [0, 0.1) is 0 Å². The topological polar surface area (TPSA) is 133 Å². The van der Waals surface area contributed by atoms with Crippen LogP contribution in [0.15, 0.2) is 48.8 Å². The number of benzene rings is 1. The number of aliphatic carboxylic acids is 1. The summed E-state index contributed by atoms with van der Waals surface area (Å²) in [5, 5.41) is 30.6. The van der Waals surface area contributed by atoms with E-state index < -0.39 is 23.5 Å². The summed E-state index contributed by atoms with van der Waals surface area (Å²) in [5.41, 5.74) is 3.50. The van der Waals surface area contributed by atoms with E-state index in [0.717, 1.165) is 61.3 Å². The van der Waals surface area contributed by atoms with E-state index in [1.165, 1.54) is 5.56 Å². The first kappa shape index (κ1) is 30.2. The molecule has 10 nitrogen and oxygen atoms in total. The van der Waals surface area contributed by atoms with Gasteiger partial charge in [0.15, 0.2) is 0 Å². The van der Waals surface area contributed by atoms with Crippen LogP contribution in [-0.4, -0.2) is 79.6 Å². The van der Waals surface area contributed by atoms with Crippen LogP contribution in [0.5, 0.6) is 0 Å². The predicted molar refractivity (Wildman–Crippen MR) is 159 cm³/mol. The molecule has 0 radical (unpaired) electrons. The monoisotopic (exact) mass is 562 g/mol. The maximum absolute atomic E-state index is 13.0. The molecule has 3 aromatic rings. The zero-order valence-electron chi connectivity index (χ0n) is 24.3. The third kappa shape index (κ3) is 9.12. The van der Waals surface area contributed by atoms with E-state index in [2.05, 4.69) is 32.8 Å². The van der Waals surface area contributed by atoms with Crippen LogP contribution in [-0.2, 0) is 24.7 Å². The predicted octanol–water partition coefficient (Wildman–Crippen LogP) is 3.51. The molecule has 0 fully saturated rings. The largest absolute Gasteiger partial charge is 0.480 e. The Bertz CT molecular complexity index is 1330. The molecule has 0 spiro atoms. The highest BCUT2D eigenvalue weighted by Gasteiger charge is 2.24. The van der Waals surface area contributed by atoms with Gasteiger partial charge in [-0.25, -0.2) is 9.78 Å². The number of fused-ring (bicyclic) bond motifs is 1. The van der Waals surface area contributed by atoms with Gasteiger partial charge in [0.2, 0.25) is 0 Å². The summed E-state index contributed by atoms with van der Waals surface area (Å²) in [5.74, 6) is -0.524. The molecule has 2 aromatic heterocycles. The Morgan fingerprint density at radius 2 is 2.00 bits per heavy atom. The highest BCUT2D eigenvalue weighted by Crippen LogP contribution is 2.21. The van der Waals surface area contributed by atoms with Crippen molar-refractivity contribution in [3.05, 3.63) is 65.6 Å². The van der Waals surface area contributed by atoms with E-state index in [4.69, 9.17) is 4.98 Å². The second kappa shape index (κ2) is 13.7.